The molecule has 0 aliphatic rings. The predicted octanol–water partition coefficient (Wildman–Crippen LogP) is 6.40. The summed E-state index contributed by atoms with van der Waals surface area (Å²) in [7, 11) is 0. The van der Waals surface area contributed by atoms with Crippen molar-refractivity contribution in [3.8, 4) is 22.5 Å². The molecule has 0 aliphatic heterocycles. The van der Waals surface area contributed by atoms with Crippen molar-refractivity contribution in [2.75, 3.05) is 0 Å². The van der Waals surface area contributed by atoms with Crippen LogP contribution in [0.15, 0.2) is 59.1 Å². The number of aromatic nitrogens is 1. The largest absolute Gasteiger partial charge is 0.454 e. The molecule has 0 bridgehead atoms. The zero-order valence-corrected chi connectivity index (χ0v) is 15.1. The number of fused-ring (bicyclic) bond motifs is 1. The Kier molecular flexibility index (Phi) is 3.69. The molecule has 0 spiro atoms. The van der Waals surface area contributed by atoms with Crippen LogP contribution in [-0.4, -0.2) is 4.98 Å². The monoisotopic (exact) mass is 327 g/mol. The number of hydrogen-bond acceptors (Lipinski definition) is 2. The second-order valence-electron chi connectivity index (χ2n) is 6.94. The van der Waals surface area contributed by atoms with Crippen LogP contribution in [-0.2, 0) is 0 Å². The van der Waals surface area contributed by atoms with Gasteiger partial charge in [0.15, 0.2) is 5.58 Å². The Morgan fingerprint density at radius 2 is 1.24 bits per heavy atom. The van der Waals surface area contributed by atoms with Gasteiger partial charge < -0.3 is 4.42 Å². The van der Waals surface area contributed by atoms with Crippen molar-refractivity contribution < 1.29 is 4.42 Å². The molecule has 0 aliphatic carbocycles. The van der Waals surface area contributed by atoms with Gasteiger partial charge in [-0.1, -0.05) is 46.5 Å². The zero-order valence-electron chi connectivity index (χ0n) is 15.1. The summed E-state index contributed by atoms with van der Waals surface area (Å²) in [5.74, 6) is 0.867. The molecule has 2 aromatic heterocycles. The predicted molar refractivity (Wildman–Crippen MR) is 104 cm³/mol. The molecule has 2 aromatic carbocycles. The van der Waals surface area contributed by atoms with E-state index in [0.717, 1.165) is 28.0 Å². The van der Waals surface area contributed by atoms with Gasteiger partial charge in [-0.25, -0.2) is 0 Å². The first-order chi connectivity index (χ1) is 12.0. The normalized spacial score (nSPS) is 11.2. The van der Waals surface area contributed by atoms with E-state index in [2.05, 4.69) is 69.1 Å². The molecule has 4 rings (SSSR count). The topological polar surface area (TPSA) is 26.0 Å². The van der Waals surface area contributed by atoms with Gasteiger partial charge in [0.05, 0.1) is 0 Å². The summed E-state index contributed by atoms with van der Waals surface area (Å²) in [5, 5.41) is 0. The molecular weight excluding hydrogens is 306 g/mol. The van der Waals surface area contributed by atoms with E-state index in [1.807, 2.05) is 18.3 Å². The molecular formula is C23H21NO. The van der Waals surface area contributed by atoms with Gasteiger partial charge in [0.1, 0.15) is 11.3 Å². The highest BCUT2D eigenvalue weighted by Crippen LogP contribution is 2.34. The average Bonchev–Trinajstić information content (AvgIpc) is 2.97. The Balaban J connectivity index is 1.92. The van der Waals surface area contributed by atoms with E-state index in [1.165, 1.54) is 27.8 Å². The smallest absolute Gasteiger partial charge is 0.161 e. The fourth-order valence-corrected chi connectivity index (χ4v) is 3.55. The standard InChI is InChI=1S/C23H21NO/c1-14-7-15(2)10-18(9-14)20-5-6-24-21-13-22(25-23(20)21)19-11-16(3)8-17(4)12-19/h5-13H,1-4H3. The Morgan fingerprint density at radius 3 is 1.84 bits per heavy atom. The Hall–Kier alpha value is -2.87. The highest BCUT2D eigenvalue weighted by atomic mass is 16.3. The van der Waals surface area contributed by atoms with E-state index in [4.69, 9.17) is 4.42 Å². The molecule has 0 atom stereocenters. The molecule has 4 aromatic rings. The van der Waals surface area contributed by atoms with Gasteiger partial charge in [-0.05, 0) is 51.5 Å². The lowest BCUT2D eigenvalue weighted by Gasteiger charge is -2.06. The lowest BCUT2D eigenvalue weighted by atomic mass is 10.0. The number of pyridine rings is 1. The number of aryl methyl sites for hydroxylation is 4. The van der Waals surface area contributed by atoms with Crippen molar-refractivity contribution in [3.63, 3.8) is 0 Å². The third kappa shape index (κ3) is 2.96. The molecule has 0 saturated heterocycles. The van der Waals surface area contributed by atoms with Crippen LogP contribution in [0.4, 0.5) is 0 Å². The zero-order chi connectivity index (χ0) is 17.6. The SMILES string of the molecule is Cc1cc(C)cc(-c2cc3nccc(-c4cc(C)cc(C)c4)c3o2)c1. The molecule has 2 heteroatoms. The van der Waals surface area contributed by atoms with Crippen LogP contribution in [0, 0.1) is 27.7 Å². The maximum Gasteiger partial charge on any atom is 0.161 e. The summed E-state index contributed by atoms with van der Waals surface area (Å²) in [5.41, 5.74) is 10.1. The number of benzene rings is 2. The second-order valence-corrected chi connectivity index (χ2v) is 6.94. The Labute approximate surface area is 148 Å². The molecule has 0 amide bonds. The number of nitrogens with zero attached hydrogens (tertiary/aromatic N) is 1. The van der Waals surface area contributed by atoms with E-state index in [1.54, 1.807) is 0 Å². The summed E-state index contributed by atoms with van der Waals surface area (Å²) in [6.07, 6.45) is 1.86. The summed E-state index contributed by atoms with van der Waals surface area (Å²) in [6.45, 7) is 8.46. The Morgan fingerprint density at radius 1 is 0.680 bits per heavy atom. The van der Waals surface area contributed by atoms with Crippen LogP contribution in [0.3, 0.4) is 0 Å². The van der Waals surface area contributed by atoms with Crippen LogP contribution in [0.1, 0.15) is 22.3 Å². The van der Waals surface area contributed by atoms with Crippen molar-refractivity contribution >= 4 is 11.1 Å². The van der Waals surface area contributed by atoms with Gasteiger partial charge in [0, 0.05) is 23.4 Å². The van der Waals surface area contributed by atoms with Crippen LogP contribution < -0.4 is 0 Å². The van der Waals surface area contributed by atoms with E-state index in [9.17, 15) is 0 Å². The van der Waals surface area contributed by atoms with Crippen molar-refractivity contribution in [2.45, 2.75) is 27.7 Å². The van der Waals surface area contributed by atoms with Gasteiger partial charge >= 0.3 is 0 Å². The molecule has 2 heterocycles. The summed E-state index contributed by atoms with van der Waals surface area (Å²) in [4.78, 5) is 4.51. The molecule has 2 nitrogen and oxygen atoms in total. The first-order valence-corrected chi connectivity index (χ1v) is 8.55. The van der Waals surface area contributed by atoms with E-state index in [0.29, 0.717) is 0 Å². The minimum Gasteiger partial charge on any atom is -0.454 e. The van der Waals surface area contributed by atoms with Crippen LogP contribution in [0.2, 0.25) is 0 Å². The minimum atomic E-state index is 0.849. The van der Waals surface area contributed by atoms with Crippen molar-refractivity contribution in [3.05, 3.63) is 77.0 Å². The van der Waals surface area contributed by atoms with Gasteiger partial charge in [0.25, 0.3) is 0 Å². The molecule has 124 valence electrons. The van der Waals surface area contributed by atoms with Crippen molar-refractivity contribution in [1.29, 1.82) is 0 Å². The number of hydrogen-bond donors (Lipinski definition) is 0. The molecule has 25 heavy (non-hydrogen) atoms. The van der Waals surface area contributed by atoms with Crippen LogP contribution >= 0.6 is 0 Å². The highest BCUT2D eigenvalue weighted by molar-refractivity contribution is 5.92. The lowest BCUT2D eigenvalue weighted by molar-refractivity contribution is 0.632. The molecule has 0 fully saturated rings. The number of rotatable bonds is 2. The van der Waals surface area contributed by atoms with Gasteiger partial charge in [-0.15, -0.1) is 0 Å². The van der Waals surface area contributed by atoms with Gasteiger partial charge in [0.2, 0.25) is 0 Å². The molecule has 0 radical (unpaired) electrons. The first kappa shape index (κ1) is 15.6. The average molecular weight is 327 g/mol. The van der Waals surface area contributed by atoms with Crippen LogP contribution in [0.5, 0.6) is 0 Å². The quantitative estimate of drug-likeness (QED) is 0.426. The molecule has 0 saturated carbocycles. The van der Waals surface area contributed by atoms with E-state index < -0.39 is 0 Å². The minimum absolute atomic E-state index is 0.849. The van der Waals surface area contributed by atoms with Gasteiger partial charge in [-0.3, -0.25) is 4.98 Å². The van der Waals surface area contributed by atoms with Crippen molar-refractivity contribution in [1.82, 2.24) is 4.98 Å². The van der Waals surface area contributed by atoms with Crippen LogP contribution in [0.25, 0.3) is 33.6 Å². The highest BCUT2D eigenvalue weighted by Gasteiger charge is 2.13. The Bertz CT molecular complexity index is 1050. The first-order valence-electron chi connectivity index (χ1n) is 8.55. The van der Waals surface area contributed by atoms with E-state index >= 15 is 0 Å². The molecule has 0 N–H and O–H groups in total. The van der Waals surface area contributed by atoms with Gasteiger partial charge in [-0.2, -0.15) is 0 Å². The third-order valence-electron chi connectivity index (χ3n) is 4.45. The maximum atomic E-state index is 6.27. The van der Waals surface area contributed by atoms with Crippen molar-refractivity contribution in [2.24, 2.45) is 0 Å². The molecule has 0 unspecified atom stereocenters. The lowest BCUT2D eigenvalue weighted by Crippen LogP contribution is -1.84. The second kappa shape index (κ2) is 5.89. The summed E-state index contributed by atoms with van der Waals surface area (Å²) >= 11 is 0. The third-order valence-corrected chi connectivity index (χ3v) is 4.45. The number of furan rings is 1. The summed E-state index contributed by atoms with van der Waals surface area (Å²) < 4.78 is 6.27. The fourth-order valence-electron chi connectivity index (χ4n) is 3.55. The fraction of sp³-hybridized carbons (Fsp3) is 0.174. The maximum absolute atomic E-state index is 6.27. The summed E-state index contributed by atoms with van der Waals surface area (Å²) in [6, 6.07) is 17.1. The van der Waals surface area contributed by atoms with E-state index in [-0.39, 0.29) is 0 Å².